The van der Waals surface area contributed by atoms with Crippen molar-refractivity contribution in [2.75, 3.05) is 11.9 Å². The number of hydrogen-bond donors (Lipinski definition) is 2. The highest BCUT2D eigenvalue weighted by Crippen LogP contribution is 2.27. The summed E-state index contributed by atoms with van der Waals surface area (Å²) in [6.45, 7) is -0.523. The Hall–Kier alpha value is -2.19. The summed E-state index contributed by atoms with van der Waals surface area (Å²) in [5, 5.41) is 2.52. The van der Waals surface area contributed by atoms with E-state index in [1.165, 1.54) is 18.2 Å². The van der Waals surface area contributed by atoms with Crippen LogP contribution in [0.5, 0.6) is 5.75 Å². The molecule has 5 nitrogen and oxygen atoms in total. The summed E-state index contributed by atoms with van der Waals surface area (Å²) in [5.74, 6) is -3.17. The third kappa shape index (κ3) is 4.42. The summed E-state index contributed by atoms with van der Waals surface area (Å²) in [7, 11) is 0. The van der Waals surface area contributed by atoms with E-state index in [0.717, 1.165) is 6.07 Å². The van der Waals surface area contributed by atoms with Crippen molar-refractivity contribution in [3.8, 4) is 5.75 Å². The van der Waals surface area contributed by atoms with E-state index in [0.29, 0.717) is 6.07 Å². The van der Waals surface area contributed by atoms with Crippen LogP contribution in [0.15, 0.2) is 34.8 Å². The fourth-order valence-corrected chi connectivity index (χ4v) is 2.48. The molecule has 0 aliphatic carbocycles. The molecule has 2 rings (SSSR count). The second-order valence-corrected chi connectivity index (χ2v) is 5.88. The molecule has 0 aromatic heterocycles. The van der Waals surface area contributed by atoms with E-state index in [1.807, 2.05) is 0 Å². The molecule has 2 aromatic rings. The molecular weight excluding hydrogens is 410 g/mol. The first-order valence-corrected chi connectivity index (χ1v) is 7.61. The molecule has 0 aliphatic rings. The molecule has 0 saturated heterocycles. The lowest BCUT2D eigenvalue weighted by atomic mass is 10.2. The predicted octanol–water partition coefficient (Wildman–Crippen LogP) is 3.50. The van der Waals surface area contributed by atoms with Gasteiger partial charge in [0.25, 0.3) is 11.8 Å². The van der Waals surface area contributed by atoms with E-state index in [9.17, 15) is 18.4 Å². The third-order valence-corrected chi connectivity index (χ3v) is 3.70. The van der Waals surface area contributed by atoms with E-state index in [2.05, 4.69) is 21.2 Å². The van der Waals surface area contributed by atoms with Crippen LogP contribution in [0.1, 0.15) is 10.4 Å². The van der Waals surface area contributed by atoms with E-state index in [1.54, 1.807) is 0 Å². The monoisotopic (exact) mass is 418 g/mol. The van der Waals surface area contributed by atoms with Gasteiger partial charge >= 0.3 is 0 Å². The zero-order valence-electron chi connectivity index (χ0n) is 11.9. The Labute approximate surface area is 148 Å². The van der Waals surface area contributed by atoms with Gasteiger partial charge in [0.15, 0.2) is 12.4 Å². The zero-order chi connectivity index (χ0) is 17.9. The molecular formula is C15H10BrClF2N2O3. The molecule has 0 unspecified atom stereocenters. The van der Waals surface area contributed by atoms with Crippen LogP contribution in [-0.2, 0) is 4.79 Å². The van der Waals surface area contributed by atoms with E-state index in [-0.39, 0.29) is 26.5 Å². The van der Waals surface area contributed by atoms with Gasteiger partial charge in [-0.25, -0.2) is 8.78 Å². The number of nitrogens with one attached hydrogen (secondary N) is 1. The van der Waals surface area contributed by atoms with Gasteiger partial charge in [0, 0.05) is 15.6 Å². The quantitative estimate of drug-likeness (QED) is 0.778. The summed E-state index contributed by atoms with van der Waals surface area (Å²) < 4.78 is 31.9. The Morgan fingerprint density at radius 1 is 1.25 bits per heavy atom. The molecule has 126 valence electrons. The molecule has 0 aliphatic heterocycles. The van der Waals surface area contributed by atoms with Crippen LogP contribution in [0.25, 0.3) is 0 Å². The number of carbonyl (C=O) groups is 2. The van der Waals surface area contributed by atoms with Gasteiger partial charge < -0.3 is 15.8 Å². The number of hydrogen-bond acceptors (Lipinski definition) is 3. The van der Waals surface area contributed by atoms with Crippen molar-refractivity contribution in [3.63, 3.8) is 0 Å². The summed E-state index contributed by atoms with van der Waals surface area (Å²) >= 11 is 8.71. The van der Waals surface area contributed by atoms with Gasteiger partial charge in [0.2, 0.25) is 0 Å². The minimum atomic E-state index is -0.945. The molecule has 2 aromatic carbocycles. The highest BCUT2D eigenvalue weighted by molar-refractivity contribution is 9.10. The summed E-state index contributed by atoms with van der Waals surface area (Å²) in [4.78, 5) is 23.2. The van der Waals surface area contributed by atoms with Gasteiger partial charge in [-0.1, -0.05) is 11.6 Å². The third-order valence-electron chi connectivity index (χ3n) is 2.84. The van der Waals surface area contributed by atoms with Gasteiger partial charge in [0.1, 0.15) is 11.6 Å². The molecule has 2 amide bonds. The van der Waals surface area contributed by atoms with Crippen molar-refractivity contribution < 1.29 is 23.1 Å². The minimum Gasteiger partial charge on any atom is -0.483 e. The number of rotatable bonds is 5. The fraction of sp³-hybridized carbons (Fsp3) is 0.0667. The smallest absolute Gasteiger partial charge is 0.262 e. The van der Waals surface area contributed by atoms with Crippen LogP contribution in [0, 0.1) is 11.6 Å². The summed E-state index contributed by atoms with van der Waals surface area (Å²) in [6, 6.07) is 5.77. The van der Waals surface area contributed by atoms with Crippen LogP contribution in [0.3, 0.4) is 0 Å². The predicted molar refractivity (Wildman–Crippen MR) is 88.2 cm³/mol. The van der Waals surface area contributed by atoms with Gasteiger partial charge in [-0.05, 0) is 40.2 Å². The van der Waals surface area contributed by atoms with Crippen molar-refractivity contribution in [2.24, 2.45) is 5.73 Å². The topological polar surface area (TPSA) is 81.4 Å². The van der Waals surface area contributed by atoms with Crippen LogP contribution < -0.4 is 15.8 Å². The Balaban J connectivity index is 2.09. The van der Waals surface area contributed by atoms with Crippen molar-refractivity contribution >= 4 is 45.0 Å². The lowest BCUT2D eigenvalue weighted by Gasteiger charge is -2.11. The number of carbonyl (C=O) groups excluding carboxylic acids is 2. The molecule has 0 spiro atoms. The number of anilines is 1. The first kappa shape index (κ1) is 18.2. The second-order valence-electron chi connectivity index (χ2n) is 4.59. The Morgan fingerprint density at radius 2 is 1.96 bits per heavy atom. The Kier molecular flexibility index (Phi) is 5.74. The highest BCUT2D eigenvalue weighted by Gasteiger charge is 2.15. The maximum Gasteiger partial charge on any atom is 0.262 e. The largest absolute Gasteiger partial charge is 0.483 e. The maximum atomic E-state index is 13.6. The molecule has 0 bridgehead atoms. The average molecular weight is 420 g/mol. The molecule has 3 N–H and O–H groups in total. The first-order valence-electron chi connectivity index (χ1n) is 6.44. The lowest BCUT2D eigenvalue weighted by molar-refractivity contribution is -0.118. The summed E-state index contributed by atoms with van der Waals surface area (Å²) in [6.07, 6.45) is 0. The van der Waals surface area contributed by atoms with Crippen molar-refractivity contribution in [2.45, 2.75) is 0 Å². The number of amides is 2. The molecule has 0 atom stereocenters. The number of ether oxygens (including phenoxy) is 1. The van der Waals surface area contributed by atoms with Crippen molar-refractivity contribution in [1.82, 2.24) is 0 Å². The molecule has 0 fully saturated rings. The number of benzene rings is 2. The van der Waals surface area contributed by atoms with Gasteiger partial charge in [-0.2, -0.15) is 0 Å². The molecule has 0 heterocycles. The second kappa shape index (κ2) is 7.59. The van der Waals surface area contributed by atoms with E-state index in [4.69, 9.17) is 22.1 Å². The van der Waals surface area contributed by atoms with Gasteiger partial charge in [0.05, 0.1) is 11.3 Å². The van der Waals surface area contributed by atoms with Crippen LogP contribution >= 0.6 is 27.5 Å². The summed E-state index contributed by atoms with van der Waals surface area (Å²) in [5.41, 5.74) is 4.98. The number of nitrogens with two attached hydrogens (primary N) is 1. The Bertz CT molecular complexity index is 794. The average Bonchev–Trinajstić information content (AvgIpc) is 2.49. The molecule has 24 heavy (non-hydrogen) atoms. The standard InChI is InChI=1S/C15H10BrClF2N2O3/c16-10-4-8(18)5-11(19)14(10)21-13(22)6-24-12-2-1-7(17)3-9(12)15(20)23/h1-5H,6H2,(H2,20,23)(H,21,22). The van der Waals surface area contributed by atoms with E-state index < -0.39 is 30.1 Å². The normalized spacial score (nSPS) is 10.3. The fourth-order valence-electron chi connectivity index (χ4n) is 1.80. The maximum absolute atomic E-state index is 13.6. The van der Waals surface area contributed by atoms with Crippen LogP contribution in [0.4, 0.5) is 14.5 Å². The van der Waals surface area contributed by atoms with Crippen molar-refractivity contribution in [3.05, 3.63) is 57.0 Å². The molecule has 0 radical (unpaired) electrons. The molecule has 9 heteroatoms. The van der Waals surface area contributed by atoms with Gasteiger partial charge in [-0.3, -0.25) is 9.59 Å². The number of primary amides is 1. The molecule has 0 saturated carbocycles. The van der Waals surface area contributed by atoms with Crippen molar-refractivity contribution in [1.29, 1.82) is 0 Å². The van der Waals surface area contributed by atoms with Gasteiger partial charge in [-0.15, -0.1) is 0 Å². The SMILES string of the molecule is NC(=O)c1cc(Cl)ccc1OCC(=O)Nc1c(F)cc(F)cc1Br. The Morgan fingerprint density at radius 3 is 2.58 bits per heavy atom. The van der Waals surface area contributed by atoms with Crippen LogP contribution in [0.2, 0.25) is 5.02 Å². The number of halogens is 4. The lowest BCUT2D eigenvalue weighted by Crippen LogP contribution is -2.22. The zero-order valence-corrected chi connectivity index (χ0v) is 14.2. The minimum absolute atomic E-state index is 0.00411. The highest BCUT2D eigenvalue weighted by atomic mass is 79.9. The van der Waals surface area contributed by atoms with E-state index >= 15 is 0 Å². The first-order chi connectivity index (χ1) is 11.3. The van der Waals surface area contributed by atoms with Crippen LogP contribution in [-0.4, -0.2) is 18.4 Å².